The van der Waals surface area contributed by atoms with Crippen molar-refractivity contribution in [3.8, 4) is 11.3 Å². The Morgan fingerprint density at radius 1 is 1.24 bits per heavy atom. The van der Waals surface area contributed by atoms with Gasteiger partial charge in [-0.15, -0.1) is 0 Å². The summed E-state index contributed by atoms with van der Waals surface area (Å²) in [5, 5.41) is 7.42. The molecule has 5 N–H and O–H groups in total. The van der Waals surface area contributed by atoms with Crippen molar-refractivity contribution < 1.29 is 0 Å². The number of nitrogens with zero attached hydrogens (tertiary/aromatic N) is 5. The number of nitrogens with two attached hydrogens (primary N) is 1. The number of fused-ring (bicyclic) bond motifs is 1. The Labute approximate surface area is 143 Å². The Kier molecular flexibility index (Phi) is 3.75. The number of anilines is 2. The van der Waals surface area contributed by atoms with E-state index in [4.69, 9.17) is 5.84 Å². The molecule has 0 aliphatic heterocycles. The van der Waals surface area contributed by atoms with Crippen LogP contribution in [0.15, 0.2) is 43.0 Å². The first kappa shape index (κ1) is 15.1. The molecule has 4 rings (SSSR count). The first-order chi connectivity index (χ1) is 12.2. The topological polar surface area (TPSA) is 122 Å². The molecule has 0 radical (unpaired) electrons. The van der Waals surface area contributed by atoms with Crippen LogP contribution in [0.4, 0.5) is 11.6 Å². The molecule has 0 spiro atoms. The van der Waals surface area contributed by atoms with E-state index < -0.39 is 0 Å². The van der Waals surface area contributed by atoms with Gasteiger partial charge in [0.1, 0.15) is 0 Å². The van der Waals surface area contributed by atoms with Gasteiger partial charge in [0.05, 0.1) is 35.7 Å². The van der Waals surface area contributed by atoms with Crippen LogP contribution in [-0.2, 0) is 13.6 Å². The Morgan fingerprint density at radius 3 is 2.92 bits per heavy atom. The third-order valence-electron chi connectivity index (χ3n) is 3.80. The molecule has 0 saturated heterocycles. The Hall–Kier alpha value is -3.46. The van der Waals surface area contributed by atoms with Gasteiger partial charge in [-0.05, 0) is 18.2 Å². The molecular weight excluding hydrogens is 318 g/mol. The van der Waals surface area contributed by atoms with E-state index in [2.05, 4.69) is 35.8 Å². The number of hydrogen-bond acceptors (Lipinski definition) is 7. The molecule has 0 aliphatic rings. The van der Waals surface area contributed by atoms with E-state index in [1.807, 2.05) is 31.4 Å². The Bertz CT molecular complexity index is 984. The summed E-state index contributed by atoms with van der Waals surface area (Å²) in [5.74, 6) is 6.59. The molecule has 0 bridgehead atoms. The molecule has 4 aromatic rings. The van der Waals surface area contributed by atoms with Crippen LogP contribution < -0.4 is 16.6 Å². The number of aromatic amines is 1. The molecule has 126 valence electrons. The van der Waals surface area contributed by atoms with Gasteiger partial charge in [-0.2, -0.15) is 5.10 Å². The van der Waals surface area contributed by atoms with E-state index >= 15 is 0 Å². The second-order valence-electron chi connectivity index (χ2n) is 5.58. The van der Waals surface area contributed by atoms with E-state index in [-0.39, 0.29) is 0 Å². The maximum absolute atomic E-state index is 5.55. The summed E-state index contributed by atoms with van der Waals surface area (Å²) < 4.78 is 1.72. The summed E-state index contributed by atoms with van der Waals surface area (Å²) in [6, 6.07) is 5.88. The number of aromatic nitrogens is 6. The minimum atomic E-state index is 0.474. The predicted octanol–water partition coefficient (Wildman–Crippen LogP) is 1.65. The fraction of sp³-hybridized carbons (Fsp3) is 0.125. The lowest BCUT2D eigenvalue weighted by atomic mass is 10.3. The molecule has 0 amide bonds. The number of H-pyrrole nitrogens is 1. The van der Waals surface area contributed by atoms with Crippen molar-refractivity contribution in [2.24, 2.45) is 12.9 Å². The van der Waals surface area contributed by atoms with E-state index in [0.29, 0.717) is 23.9 Å². The van der Waals surface area contributed by atoms with Crippen LogP contribution in [0.25, 0.3) is 22.3 Å². The van der Waals surface area contributed by atoms with Crippen molar-refractivity contribution in [2.45, 2.75) is 6.54 Å². The van der Waals surface area contributed by atoms with Crippen LogP contribution in [0.3, 0.4) is 0 Å². The minimum Gasteiger partial charge on any atom is -0.361 e. The summed E-state index contributed by atoms with van der Waals surface area (Å²) in [7, 11) is 1.86. The van der Waals surface area contributed by atoms with Crippen molar-refractivity contribution in [3.05, 3.63) is 48.7 Å². The van der Waals surface area contributed by atoms with Crippen molar-refractivity contribution in [2.75, 3.05) is 10.7 Å². The third-order valence-corrected chi connectivity index (χ3v) is 3.80. The predicted molar refractivity (Wildman–Crippen MR) is 95.5 cm³/mol. The van der Waals surface area contributed by atoms with Crippen molar-refractivity contribution in [1.82, 2.24) is 29.7 Å². The lowest BCUT2D eigenvalue weighted by Gasteiger charge is -2.10. The molecule has 0 fully saturated rings. The second kappa shape index (κ2) is 6.21. The lowest BCUT2D eigenvalue weighted by molar-refractivity contribution is 0.768. The highest BCUT2D eigenvalue weighted by atomic mass is 15.3. The fourth-order valence-corrected chi connectivity index (χ4v) is 2.60. The molecule has 0 saturated carbocycles. The maximum atomic E-state index is 5.55. The number of hydrogen-bond donors (Lipinski definition) is 4. The first-order valence-corrected chi connectivity index (χ1v) is 7.72. The zero-order valence-electron chi connectivity index (χ0n) is 13.6. The Balaban J connectivity index is 1.59. The SMILES string of the molecule is Cn1cc(-c2cnc(NN)c(NCc3cc4ncccc4[nH]3)n2)cn1. The quantitative estimate of drug-likeness (QED) is 0.323. The average Bonchev–Trinajstić information content (AvgIpc) is 3.25. The summed E-state index contributed by atoms with van der Waals surface area (Å²) in [5.41, 5.74) is 7.07. The van der Waals surface area contributed by atoms with Crippen LogP contribution in [0.1, 0.15) is 5.69 Å². The molecule has 0 aliphatic carbocycles. The molecule has 4 heterocycles. The number of hydrazine groups is 1. The number of rotatable bonds is 5. The van der Waals surface area contributed by atoms with Gasteiger partial charge in [0.2, 0.25) is 0 Å². The first-order valence-electron chi connectivity index (χ1n) is 7.72. The zero-order chi connectivity index (χ0) is 17.2. The Morgan fingerprint density at radius 2 is 2.16 bits per heavy atom. The van der Waals surface area contributed by atoms with Crippen LogP contribution >= 0.6 is 0 Å². The minimum absolute atomic E-state index is 0.474. The largest absolute Gasteiger partial charge is 0.361 e. The summed E-state index contributed by atoms with van der Waals surface area (Å²) in [6.07, 6.45) is 7.05. The van der Waals surface area contributed by atoms with E-state index in [1.54, 1.807) is 23.3 Å². The van der Waals surface area contributed by atoms with E-state index in [0.717, 1.165) is 22.3 Å². The summed E-state index contributed by atoms with van der Waals surface area (Å²) in [4.78, 5) is 16.5. The van der Waals surface area contributed by atoms with Crippen LogP contribution in [0.5, 0.6) is 0 Å². The molecule has 0 unspecified atom stereocenters. The van der Waals surface area contributed by atoms with Gasteiger partial charge in [0, 0.05) is 30.7 Å². The normalized spacial score (nSPS) is 11.0. The van der Waals surface area contributed by atoms with Crippen molar-refractivity contribution in [1.29, 1.82) is 0 Å². The van der Waals surface area contributed by atoms with E-state index in [1.165, 1.54) is 0 Å². The maximum Gasteiger partial charge on any atom is 0.183 e. The molecule has 0 atom stereocenters. The van der Waals surface area contributed by atoms with Gasteiger partial charge in [-0.1, -0.05) is 0 Å². The van der Waals surface area contributed by atoms with Gasteiger partial charge in [-0.25, -0.2) is 15.8 Å². The highest BCUT2D eigenvalue weighted by molar-refractivity contribution is 5.75. The number of nitrogen functional groups attached to an aromatic ring is 1. The monoisotopic (exact) mass is 335 g/mol. The molecule has 9 nitrogen and oxygen atoms in total. The van der Waals surface area contributed by atoms with Crippen molar-refractivity contribution in [3.63, 3.8) is 0 Å². The summed E-state index contributed by atoms with van der Waals surface area (Å²) in [6.45, 7) is 0.538. The molecular formula is C16H17N9. The molecule has 25 heavy (non-hydrogen) atoms. The molecule has 4 aromatic heterocycles. The average molecular weight is 335 g/mol. The van der Waals surface area contributed by atoms with Gasteiger partial charge in [-0.3, -0.25) is 9.67 Å². The van der Waals surface area contributed by atoms with Crippen LogP contribution in [-0.4, -0.2) is 29.7 Å². The molecule has 9 heteroatoms. The van der Waals surface area contributed by atoms with Crippen LogP contribution in [0, 0.1) is 0 Å². The highest BCUT2D eigenvalue weighted by Crippen LogP contribution is 2.22. The van der Waals surface area contributed by atoms with Gasteiger partial charge >= 0.3 is 0 Å². The standard InChI is InChI=1S/C16H17N9/c1-25-9-10(6-21-25)14-8-20-16(24-17)15(23-14)19-7-11-5-13-12(22-11)3-2-4-18-13/h2-6,8-9,22H,7,17H2,1H3,(H,19,23)(H,20,24). The zero-order valence-corrected chi connectivity index (χ0v) is 13.6. The van der Waals surface area contributed by atoms with Crippen LogP contribution in [0.2, 0.25) is 0 Å². The van der Waals surface area contributed by atoms with Gasteiger partial charge in [0.25, 0.3) is 0 Å². The highest BCUT2D eigenvalue weighted by Gasteiger charge is 2.10. The number of nitrogens with one attached hydrogen (secondary N) is 3. The van der Waals surface area contributed by atoms with Gasteiger partial charge < -0.3 is 15.7 Å². The van der Waals surface area contributed by atoms with Gasteiger partial charge in [0.15, 0.2) is 11.6 Å². The fourth-order valence-electron chi connectivity index (χ4n) is 2.60. The third kappa shape index (κ3) is 3.00. The molecule has 0 aromatic carbocycles. The lowest BCUT2D eigenvalue weighted by Crippen LogP contribution is -2.13. The smallest absolute Gasteiger partial charge is 0.183 e. The van der Waals surface area contributed by atoms with E-state index in [9.17, 15) is 0 Å². The number of aryl methyl sites for hydroxylation is 1. The van der Waals surface area contributed by atoms with Crippen molar-refractivity contribution >= 4 is 22.7 Å². The second-order valence-corrected chi connectivity index (χ2v) is 5.58. The number of pyridine rings is 1. The summed E-state index contributed by atoms with van der Waals surface area (Å²) >= 11 is 0.